The molecule has 0 aliphatic carbocycles. The van der Waals surface area contributed by atoms with E-state index in [1.54, 1.807) is 4.90 Å². The molecule has 2 heterocycles. The summed E-state index contributed by atoms with van der Waals surface area (Å²) in [7, 11) is 0. The van der Waals surface area contributed by atoms with Gasteiger partial charge in [-0.25, -0.2) is 0 Å². The van der Waals surface area contributed by atoms with Gasteiger partial charge in [0.2, 0.25) is 0 Å². The Morgan fingerprint density at radius 2 is 2.29 bits per heavy atom. The Morgan fingerprint density at radius 3 is 2.86 bits per heavy atom. The molecular formula is C8H12N4OS. The Balaban J connectivity index is 1.99. The zero-order chi connectivity index (χ0) is 9.97. The maximum atomic E-state index is 11.8. The van der Waals surface area contributed by atoms with E-state index in [9.17, 15) is 4.79 Å². The fourth-order valence-corrected chi connectivity index (χ4v) is 1.93. The van der Waals surface area contributed by atoms with E-state index in [0.717, 1.165) is 37.7 Å². The number of hydrogen-bond donors (Lipinski definition) is 1. The largest absolute Gasteiger partial charge is 0.337 e. The van der Waals surface area contributed by atoms with Crippen LogP contribution in [0.15, 0.2) is 6.20 Å². The SMILES string of the molecule is NC1CCN(C(=O)c2cnsn2)CC1. The number of piperidine rings is 1. The monoisotopic (exact) mass is 212 g/mol. The van der Waals surface area contributed by atoms with Crippen molar-refractivity contribution in [2.75, 3.05) is 13.1 Å². The van der Waals surface area contributed by atoms with Crippen molar-refractivity contribution in [3.8, 4) is 0 Å². The molecule has 1 aliphatic heterocycles. The van der Waals surface area contributed by atoms with E-state index >= 15 is 0 Å². The summed E-state index contributed by atoms with van der Waals surface area (Å²) in [5.41, 5.74) is 6.20. The Labute approximate surface area is 86.2 Å². The van der Waals surface area contributed by atoms with Crippen LogP contribution >= 0.6 is 11.7 Å². The third-order valence-electron chi connectivity index (χ3n) is 2.41. The van der Waals surface area contributed by atoms with Crippen LogP contribution < -0.4 is 5.73 Å². The molecule has 1 aliphatic rings. The van der Waals surface area contributed by atoms with Crippen LogP contribution in [0.4, 0.5) is 0 Å². The van der Waals surface area contributed by atoms with E-state index in [2.05, 4.69) is 8.75 Å². The van der Waals surface area contributed by atoms with Crippen molar-refractivity contribution in [3.63, 3.8) is 0 Å². The number of likely N-dealkylation sites (tertiary alicyclic amines) is 1. The predicted molar refractivity (Wildman–Crippen MR) is 53.0 cm³/mol. The van der Waals surface area contributed by atoms with Gasteiger partial charge in [-0.15, -0.1) is 0 Å². The standard InChI is InChI=1S/C8H12N4OS/c9-6-1-3-12(4-2-6)8(13)7-5-10-14-11-7/h5-6H,1-4,9H2. The summed E-state index contributed by atoms with van der Waals surface area (Å²) in [4.78, 5) is 13.5. The minimum atomic E-state index is -0.0225. The molecule has 1 fully saturated rings. The second kappa shape index (κ2) is 4.02. The number of rotatable bonds is 1. The molecule has 1 aromatic rings. The topological polar surface area (TPSA) is 72.1 Å². The molecule has 0 saturated carbocycles. The minimum absolute atomic E-state index is 0.0225. The molecule has 1 aromatic heterocycles. The second-order valence-corrected chi connectivity index (χ2v) is 3.98. The molecule has 1 amide bonds. The average Bonchev–Trinajstić information content (AvgIpc) is 2.71. The molecular weight excluding hydrogens is 200 g/mol. The van der Waals surface area contributed by atoms with Crippen LogP contribution in [0.25, 0.3) is 0 Å². The maximum absolute atomic E-state index is 11.8. The summed E-state index contributed by atoms with van der Waals surface area (Å²) in [5.74, 6) is -0.0225. The van der Waals surface area contributed by atoms with Crippen molar-refractivity contribution in [3.05, 3.63) is 11.9 Å². The molecule has 1 saturated heterocycles. The molecule has 2 rings (SSSR count). The first-order chi connectivity index (χ1) is 6.77. The van der Waals surface area contributed by atoms with Crippen molar-refractivity contribution in [1.29, 1.82) is 0 Å². The van der Waals surface area contributed by atoms with Crippen LogP contribution in [0, 0.1) is 0 Å². The first kappa shape index (κ1) is 9.54. The van der Waals surface area contributed by atoms with Gasteiger partial charge in [-0.1, -0.05) is 0 Å². The third-order valence-corrected chi connectivity index (χ3v) is 2.89. The van der Waals surface area contributed by atoms with Gasteiger partial charge in [0.25, 0.3) is 5.91 Å². The van der Waals surface area contributed by atoms with Crippen molar-refractivity contribution < 1.29 is 4.79 Å². The van der Waals surface area contributed by atoms with E-state index in [-0.39, 0.29) is 11.9 Å². The number of carbonyl (C=O) groups is 1. The first-order valence-corrected chi connectivity index (χ1v) is 5.33. The normalized spacial score (nSPS) is 18.5. The van der Waals surface area contributed by atoms with Crippen LogP contribution in [0.2, 0.25) is 0 Å². The van der Waals surface area contributed by atoms with Gasteiger partial charge >= 0.3 is 0 Å². The number of hydrogen-bond acceptors (Lipinski definition) is 5. The Bertz CT molecular complexity index is 305. The van der Waals surface area contributed by atoms with Crippen LogP contribution in [-0.4, -0.2) is 38.7 Å². The van der Waals surface area contributed by atoms with Crippen LogP contribution in [0.5, 0.6) is 0 Å². The van der Waals surface area contributed by atoms with E-state index in [1.165, 1.54) is 6.20 Å². The Hall–Kier alpha value is -1.01. The van der Waals surface area contributed by atoms with E-state index < -0.39 is 0 Å². The first-order valence-electron chi connectivity index (χ1n) is 4.60. The smallest absolute Gasteiger partial charge is 0.275 e. The molecule has 76 valence electrons. The highest BCUT2D eigenvalue weighted by atomic mass is 32.1. The number of aromatic nitrogens is 2. The fraction of sp³-hybridized carbons (Fsp3) is 0.625. The third kappa shape index (κ3) is 1.91. The van der Waals surface area contributed by atoms with Gasteiger partial charge in [0.15, 0.2) is 5.69 Å². The lowest BCUT2D eigenvalue weighted by molar-refractivity contribution is 0.0710. The second-order valence-electron chi connectivity index (χ2n) is 3.42. The van der Waals surface area contributed by atoms with Gasteiger partial charge in [-0.3, -0.25) is 4.79 Å². The van der Waals surface area contributed by atoms with Crippen LogP contribution in [0.1, 0.15) is 23.3 Å². The van der Waals surface area contributed by atoms with E-state index in [1.807, 2.05) is 0 Å². The Kier molecular flexibility index (Phi) is 2.74. The summed E-state index contributed by atoms with van der Waals surface area (Å²) in [6.07, 6.45) is 3.27. The molecule has 0 spiro atoms. The molecule has 2 N–H and O–H groups in total. The fourth-order valence-electron chi connectivity index (χ4n) is 1.52. The van der Waals surface area contributed by atoms with Crippen molar-refractivity contribution in [2.45, 2.75) is 18.9 Å². The zero-order valence-corrected chi connectivity index (χ0v) is 8.54. The van der Waals surface area contributed by atoms with Gasteiger partial charge in [0.1, 0.15) is 0 Å². The predicted octanol–water partition coefficient (Wildman–Crippen LogP) is 0.101. The van der Waals surface area contributed by atoms with Gasteiger partial charge < -0.3 is 10.6 Å². The number of nitrogens with two attached hydrogens (primary N) is 1. The summed E-state index contributed by atoms with van der Waals surface area (Å²) < 4.78 is 7.73. The molecule has 0 aromatic carbocycles. The molecule has 0 radical (unpaired) electrons. The van der Waals surface area contributed by atoms with Gasteiger partial charge in [0.05, 0.1) is 17.9 Å². The molecule has 6 heteroatoms. The summed E-state index contributed by atoms with van der Waals surface area (Å²) in [6.45, 7) is 1.47. The van der Waals surface area contributed by atoms with E-state index in [0.29, 0.717) is 5.69 Å². The zero-order valence-electron chi connectivity index (χ0n) is 7.72. The number of amides is 1. The van der Waals surface area contributed by atoms with Crippen molar-refractivity contribution in [2.24, 2.45) is 5.73 Å². The van der Waals surface area contributed by atoms with Crippen LogP contribution in [-0.2, 0) is 0 Å². The van der Waals surface area contributed by atoms with E-state index in [4.69, 9.17) is 5.73 Å². The van der Waals surface area contributed by atoms with Gasteiger partial charge in [-0.05, 0) is 12.8 Å². The molecule has 0 bridgehead atoms. The highest BCUT2D eigenvalue weighted by Gasteiger charge is 2.22. The lowest BCUT2D eigenvalue weighted by Gasteiger charge is -2.29. The summed E-state index contributed by atoms with van der Waals surface area (Å²) in [6, 6.07) is 0.243. The van der Waals surface area contributed by atoms with Crippen molar-refractivity contribution in [1.82, 2.24) is 13.6 Å². The number of carbonyl (C=O) groups excluding carboxylic acids is 1. The molecule has 0 atom stereocenters. The van der Waals surface area contributed by atoms with Crippen LogP contribution in [0.3, 0.4) is 0 Å². The molecule has 0 unspecified atom stereocenters. The summed E-state index contributed by atoms with van der Waals surface area (Å²) >= 11 is 1.06. The lowest BCUT2D eigenvalue weighted by Crippen LogP contribution is -2.42. The summed E-state index contributed by atoms with van der Waals surface area (Å²) in [5, 5.41) is 0. The highest BCUT2D eigenvalue weighted by Crippen LogP contribution is 2.11. The number of nitrogens with zero attached hydrogens (tertiary/aromatic N) is 3. The Morgan fingerprint density at radius 1 is 1.57 bits per heavy atom. The molecule has 14 heavy (non-hydrogen) atoms. The average molecular weight is 212 g/mol. The van der Waals surface area contributed by atoms with Crippen molar-refractivity contribution >= 4 is 17.6 Å². The van der Waals surface area contributed by atoms with Gasteiger partial charge in [0, 0.05) is 19.1 Å². The lowest BCUT2D eigenvalue weighted by atomic mass is 10.1. The quantitative estimate of drug-likeness (QED) is 0.716. The molecule has 5 nitrogen and oxygen atoms in total. The maximum Gasteiger partial charge on any atom is 0.275 e. The highest BCUT2D eigenvalue weighted by molar-refractivity contribution is 6.99. The minimum Gasteiger partial charge on any atom is -0.337 e. The van der Waals surface area contributed by atoms with Gasteiger partial charge in [-0.2, -0.15) is 8.75 Å².